The summed E-state index contributed by atoms with van der Waals surface area (Å²) in [6.07, 6.45) is 8.15. The number of hydrogen-bond donors (Lipinski definition) is 3. The van der Waals surface area contributed by atoms with Crippen LogP contribution in [0.25, 0.3) is 0 Å². The molecule has 2 saturated carbocycles. The zero-order chi connectivity index (χ0) is 19.1. The zero-order valence-corrected chi connectivity index (χ0v) is 16.0. The Bertz CT molecular complexity index is 901. The van der Waals surface area contributed by atoms with Gasteiger partial charge in [0.25, 0.3) is 0 Å². The van der Waals surface area contributed by atoms with Crippen LogP contribution in [0.1, 0.15) is 55.3 Å². The van der Waals surface area contributed by atoms with E-state index >= 15 is 0 Å². The zero-order valence-electron chi connectivity index (χ0n) is 16.0. The van der Waals surface area contributed by atoms with Crippen LogP contribution in [-0.4, -0.2) is 27.6 Å². The summed E-state index contributed by atoms with van der Waals surface area (Å²) in [5.74, 6) is 1.66. The number of anilines is 3. The molecule has 6 nitrogen and oxygen atoms in total. The van der Waals surface area contributed by atoms with Crippen molar-refractivity contribution in [3.63, 3.8) is 0 Å². The third kappa shape index (κ3) is 3.11. The molecule has 3 N–H and O–H groups in total. The van der Waals surface area contributed by atoms with Crippen LogP contribution in [0.5, 0.6) is 0 Å². The summed E-state index contributed by atoms with van der Waals surface area (Å²) < 4.78 is 0. The van der Waals surface area contributed by atoms with Crippen molar-refractivity contribution in [2.24, 2.45) is 5.92 Å². The van der Waals surface area contributed by atoms with Gasteiger partial charge in [0.05, 0.1) is 11.1 Å². The summed E-state index contributed by atoms with van der Waals surface area (Å²) >= 11 is 0. The van der Waals surface area contributed by atoms with E-state index in [4.69, 9.17) is 9.97 Å². The first-order valence-electron chi connectivity index (χ1n) is 10.4. The molecule has 0 aliphatic heterocycles. The fourth-order valence-electron chi connectivity index (χ4n) is 4.34. The third-order valence-corrected chi connectivity index (χ3v) is 6.50. The summed E-state index contributed by atoms with van der Waals surface area (Å²) in [6, 6.07) is 7.84. The standard InChI is InChI=1S/C22H26N4O2/c27-20(28)22(11-2-12-22)15-7-9-16(10-8-15)24-19-17-3-1-4-18(17)25-21(26-19)23-13-14-5-6-14/h7-10,14H,1-6,11-13H2,(H,27,28)(H2,23,24,25,26). The Morgan fingerprint density at radius 1 is 1.11 bits per heavy atom. The molecule has 0 amide bonds. The van der Waals surface area contributed by atoms with E-state index in [1.807, 2.05) is 24.3 Å². The van der Waals surface area contributed by atoms with E-state index in [2.05, 4.69) is 10.6 Å². The highest BCUT2D eigenvalue weighted by Crippen LogP contribution is 2.44. The molecule has 6 heteroatoms. The molecular weight excluding hydrogens is 352 g/mol. The Morgan fingerprint density at radius 3 is 2.54 bits per heavy atom. The Morgan fingerprint density at radius 2 is 1.89 bits per heavy atom. The average Bonchev–Trinajstić information content (AvgIpc) is 3.35. The van der Waals surface area contributed by atoms with Gasteiger partial charge in [-0.3, -0.25) is 4.79 Å². The van der Waals surface area contributed by atoms with Crippen molar-refractivity contribution in [3.8, 4) is 0 Å². The molecule has 28 heavy (non-hydrogen) atoms. The van der Waals surface area contributed by atoms with E-state index < -0.39 is 11.4 Å². The summed E-state index contributed by atoms with van der Waals surface area (Å²) in [7, 11) is 0. The van der Waals surface area contributed by atoms with Gasteiger partial charge in [-0.2, -0.15) is 4.98 Å². The number of benzene rings is 1. The van der Waals surface area contributed by atoms with Crippen LogP contribution in [0.15, 0.2) is 24.3 Å². The predicted molar refractivity (Wildman–Crippen MR) is 108 cm³/mol. The van der Waals surface area contributed by atoms with Crippen LogP contribution in [0.4, 0.5) is 17.5 Å². The molecule has 0 radical (unpaired) electrons. The van der Waals surface area contributed by atoms with Gasteiger partial charge >= 0.3 is 5.97 Å². The lowest BCUT2D eigenvalue weighted by Gasteiger charge is -2.38. The number of carbonyl (C=O) groups is 1. The highest BCUT2D eigenvalue weighted by Gasteiger charge is 2.45. The molecule has 3 aliphatic carbocycles. The average molecular weight is 378 g/mol. The minimum Gasteiger partial charge on any atom is -0.481 e. The number of aliphatic carboxylic acids is 1. The highest BCUT2D eigenvalue weighted by atomic mass is 16.4. The van der Waals surface area contributed by atoms with Crippen LogP contribution < -0.4 is 10.6 Å². The topological polar surface area (TPSA) is 87.1 Å². The smallest absolute Gasteiger partial charge is 0.314 e. The maximum Gasteiger partial charge on any atom is 0.314 e. The summed E-state index contributed by atoms with van der Waals surface area (Å²) in [4.78, 5) is 21.2. The van der Waals surface area contributed by atoms with Gasteiger partial charge < -0.3 is 15.7 Å². The van der Waals surface area contributed by atoms with E-state index in [0.29, 0.717) is 5.95 Å². The second-order valence-corrected chi connectivity index (χ2v) is 8.44. The first kappa shape index (κ1) is 17.5. The van der Waals surface area contributed by atoms with Crippen LogP contribution in [0.3, 0.4) is 0 Å². The summed E-state index contributed by atoms with van der Waals surface area (Å²) in [5.41, 5.74) is 3.50. The van der Waals surface area contributed by atoms with Gasteiger partial charge in [-0.1, -0.05) is 18.6 Å². The number of rotatable bonds is 7. The van der Waals surface area contributed by atoms with Crippen molar-refractivity contribution < 1.29 is 9.90 Å². The van der Waals surface area contributed by atoms with Crippen LogP contribution in [-0.2, 0) is 23.1 Å². The molecule has 0 saturated heterocycles. The van der Waals surface area contributed by atoms with Crippen molar-refractivity contribution in [2.45, 2.75) is 56.8 Å². The van der Waals surface area contributed by atoms with Crippen LogP contribution >= 0.6 is 0 Å². The number of nitrogens with zero attached hydrogens (tertiary/aromatic N) is 2. The van der Waals surface area contributed by atoms with Gasteiger partial charge in [0.15, 0.2) is 0 Å². The van der Waals surface area contributed by atoms with Crippen molar-refractivity contribution in [1.82, 2.24) is 9.97 Å². The Kier molecular flexibility index (Phi) is 4.22. The minimum atomic E-state index is -0.709. The number of aryl methyl sites for hydroxylation is 1. The number of carboxylic acid groups (broad SMARTS) is 1. The normalized spacial score (nSPS) is 19.6. The second kappa shape index (κ2) is 6.76. The number of nitrogens with one attached hydrogen (secondary N) is 2. The minimum absolute atomic E-state index is 0.686. The van der Waals surface area contributed by atoms with Crippen LogP contribution in [0.2, 0.25) is 0 Å². The molecule has 1 aromatic heterocycles. The lowest BCUT2D eigenvalue weighted by molar-refractivity contribution is -0.147. The molecule has 146 valence electrons. The molecule has 2 aromatic rings. The monoisotopic (exact) mass is 378 g/mol. The highest BCUT2D eigenvalue weighted by molar-refractivity contribution is 5.82. The van der Waals surface area contributed by atoms with Crippen molar-refractivity contribution in [2.75, 3.05) is 17.2 Å². The molecule has 3 aliphatic rings. The van der Waals surface area contributed by atoms with E-state index in [0.717, 1.165) is 73.8 Å². The molecule has 1 aromatic carbocycles. The van der Waals surface area contributed by atoms with Crippen LogP contribution in [0, 0.1) is 5.92 Å². The fourth-order valence-corrected chi connectivity index (χ4v) is 4.34. The van der Waals surface area contributed by atoms with Gasteiger partial charge in [0.2, 0.25) is 5.95 Å². The van der Waals surface area contributed by atoms with Gasteiger partial charge in [-0.15, -0.1) is 0 Å². The van der Waals surface area contributed by atoms with E-state index in [1.165, 1.54) is 18.4 Å². The fraction of sp³-hybridized carbons (Fsp3) is 0.500. The van der Waals surface area contributed by atoms with Crippen molar-refractivity contribution in [3.05, 3.63) is 41.1 Å². The number of hydrogen-bond acceptors (Lipinski definition) is 5. The van der Waals surface area contributed by atoms with Crippen molar-refractivity contribution >= 4 is 23.4 Å². The van der Waals surface area contributed by atoms with Gasteiger partial charge in [-0.25, -0.2) is 4.98 Å². The number of fused-ring (bicyclic) bond motifs is 1. The Hall–Kier alpha value is -2.63. The van der Waals surface area contributed by atoms with E-state index in [9.17, 15) is 9.90 Å². The molecule has 2 fully saturated rings. The summed E-state index contributed by atoms with van der Waals surface area (Å²) in [6.45, 7) is 0.949. The van der Waals surface area contributed by atoms with Gasteiger partial charge in [0, 0.05) is 17.8 Å². The predicted octanol–water partition coefficient (Wildman–Crippen LogP) is 4.04. The SMILES string of the molecule is O=C(O)C1(c2ccc(Nc3nc(NCC4CC4)nc4c3CCC4)cc2)CCC1. The third-order valence-electron chi connectivity index (χ3n) is 6.50. The first-order valence-corrected chi connectivity index (χ1v) is 10.4. The maximum absolute atomic E-state index is 11.7. The van der Waals surface area contributed by atoms with Crippen molar-refractivity contribution in [1.29, 1.82) is 0 Å². The molecule has 0 spiro atoms. The molecule has 5 rings (SSSR count). The second-order valence-electron chi connectivity index (χ2n) is 8.44. The Balaban J connectivity index is 1.37. The maximum atomic E-state index is 11.7. The van der Waals surface area contributed by atoms with Gasteiger partial charge in [0.1, 0.15) is 5.82 Å². The van der Waals surface area contributed by atoms with E-state index in [1.54, 1.807) is 0 Å². The Labute approximate surface area is 164 Å². The van der Waals surface area contributed by atoms with E-state index in [-0.39, 0.29) is 0 Å². The lowest BCUT2D eigenvalue weighted by atomic mass is 9.64. The quantitative estimate of drug-likeness (QED) is 0.674. The molecule has 1 heterocycles. The molecular formula is C22H26N4O2. The molecule has 0 unspecified atom stereocenters. The molecule has 0 bridgehead atoms. The molecule has 0 atom stereocenters. The number of aromatic nitrogens is 2. The lowest BCUT2D eigenvalue weighted by Crippen LogP contribution is -2.42. The number of carboxylic acids is 1. The summed E-state index contributed by atoms with van der Waals surface area (Å²) in [5, 5.41) is 16.5. The largest absolute Gasteiger partial charge is 0.481 e. The first-order chi connectivity index (χ1) is 13.6. The van der Waals surface area contributed by atoms with Gasteiger partial charge in [-0.05, 0) is 68.6 Å².